The van der Waals surface area contributed by atoms with E-state index in [4.69, 9.17) is 0 Å². The van der Waals surface area contributed by atoms with Crippen LogP contribution < -0.4 is 10.0 Å². The Morgan fingerprint density at radius 1 is 1.21 bits per heavy atom. The first-order chi connectivity index (χ1) is 13.3. The molecule has 0 saturated heterocycles. The molecule has 10 heteroatoms. The van der Waals surface area contributed by atoms with Crippen molar-refractivity contribution in [3.8, 4) is 0 Å². The predicted octanol–water partition coefficient (Wildman–Crippen LogP) is 1.15. The second-order valence-electron chi connectivity index (χ2n) is 7.38. The number of nitrogens with zero attached hydrogens (tertiary/aromatic N) is 3. The van der Waals surface area contributed by atoms with Crippen LogP contribution in [0.5, 0.6) is 0 Å². The van der Waals surface area contributed by atoms with E-state index in [1.807, 2.05) is 4.72 Å². The minimum absolute atomic E-state index is 0.0595. The molecule has 2 amide bonds. The molecule has 0 aliphatic heterocycles. The molecule has 1 aromatic carbocycles. The normalized spacial score (nSPS) is 16.5. The van der Waals surface area contributed by atoms with Crippen molar-refractivity contribution >= 4 is 21.7 Å². The van der Waals surface area contributed by atoms with E-state index in [9.17, 15) is 18.3 Å². The molecule has 0 spiro atoms. The highest BCUT2D eigenvalue weighted by Gasteiger charge is 2.27. The second-order valence-corrected chi connectivity index (χ2v) is 9.01. The number of aromatic nitrogens is 3. The second kappa shape index (κ2) is 7.17. The lowest BCUT2D eigenvalue weighted by molar-refractivity contribution is 0.161. The Morgan fingerprint density at radius 3 is 2.46 bits per heavy atom. The van der Waals surface area contributed by atoms with Crippen molar-refractivity contribution < 1.29 is 18.3 Å². The Morgan fingerprint density at radius 2 is 1.86 bits per heavy atom. The highest BCUT2D eigenvalue weighted by atomic mass is 32.2. The Balaban J connectivity index is 1.53. The number of carbonyl (C=O) groups excluding carboxylic acids is 1. The number of aryl methyl sites for hydroxylation is 2. The van der Waals surface area contributed by atoms with Gasteiger partial charge in [0.05, 0.1) is 18.8 Å². The lowest BCUT2D eigenvalue weighted by atomic mass is 9.99. The standard InChI is InChI=1S/C18H23N5O4S/c1-11(24)10-23-19-9-16(21-23)28(26,27)22-18(25)20-17-14-6-2-4-12(14)8-13-5-3-7-15(13)17/h8-9,11,24H,2-7,10H2,1H3,(H2,20,22,25)/t11-/m0/s1. The maximum absolute atomic E-state index is 12.5. The van der Waals surface area contributed by atoms with E-state index >= 15 is 0 Å². The molecular formula is C18H23N5O4S. The van der Waals surface area contributed by atoms with Gasteiger partial charge in [0.1, 0.15) is 0 Å². The molecule has 0 bridgehead atoms. The number of rotatable bonds is 5. The van der Waals surface area contributed by atoms with Gasteiger partial charge in [0, 0.05) is 5.69 Å². The first-order valence-electron chi connectivity index (χ1n) is 9.42. The van der Waals surface area contributed by atoms with Gasteiger partial charge in [-0.25, -0.2) is 9.52 Å². The van der Waals surface area contributed by atoms with Crippen molar-refractivity contribution in [2.24, 2.45) is 0 Å². The number of hydrogen-bond donors (Lipinski definition) is 3. The maximum Gasteiger partial charge on any atom is 0.333 e. The van der Waals surface area contributed by atoms with Crippen LogP contribution in [0.1, 0.15) is 42.0 Å². The topological polar surface area (TPSA) is 126 Å². The van der Waals surface area contributed by atoms with Gasteiger partial charge in [0.15, 0.2) is 0 Å². The molecule has 150 valence electrons. The molecule has 2 aliphatic rings. The Kier molecular flexibility index (Phi) is 4.84. The van der Waals surface area contributed by atoms with Crippen molar-refractivity contribution in [3.63, 3.8) is 0 Å². The minimum Gasteiger partial charge on any atom is -0.391 e. The summed E-state index contributed by atoms with van der Waals surface area (Å²) in [6.45, 7) is 1.60. The third-order valence-electron chi connectivity index (χ3n) is 5.16. The zero-order chi connectivity index (χ0) is 19.9. The number of aliphatic hydroxyl groups is 1. The Bertz CT molecular complexity index is 997. The number of benzene rings is 1. The van der Waals surface area contributed by atoms with E-state index in [2.05, 4.69) is 21.6 Å². The van der Waals surface area contributed by atoms with E-state index in [1.54, 1.807) is 6.92 Å². The van der Waals surface area contributed by atoms with E-state index in [1.165, 1.54) is 11.1 Å². The molecule has 0 radical (unpaired) electrons. The number of hydrogen-bond acceptors (Lipinski definition) is 6. The number of anilines is 1. The summed E-state index contributed by atoms with van der Waals surface area (Å²) < 4.78 is 26.9. The average molecular weight is 405 g/mol. The molecule has 0 fully saturated rings. The smallest absolute Gasteiger partial charge is 0.333 e. The third kappa shape index (κ3) is 3.61. The van der Waals surface area contributed by atoms with Gasteiger partial charge in [0.25, 0.3) is 10.0 Å². The highest BCUT2D eigenvalue weighted by Crippen LogP contribution is 2.38. The lowest BCUT2D eigenvalue weighted by Gasteiger charge is -2.16. The van der Waals surface area contributed by atoms with Gasteiger partial charge >= 0.3 is 6.03 Å². The molecule has 1 aromatic heterocycles. The van der Waals surface area contributed by atoms with Gasteiger partial charge in [-0.2, -0.15) is 18.3 Å². The summed E-state index contributed by atoms with van der Waals surface area (Å²) in [5.41, 5.74) is 5.51. The van der Waals surface area contributed by atoms with Gasteiger partial charge in [0.2, 0.25) is 5.03 Å². The van der Waals surface area contributed by atoms with Gasteiger partial charge < -0.3 is 10.4 Å². The first kappa shape index (κ1) is 18.9. The van der Waals surface area contributed by atoms with Gasteiger partial charge in [-0.15, -0.1) is 5.10 Å². The summed E-state index contributed by atoms with van der Waals surface area (Å²) in [4.78, 5) is 13.6. The number of fused-ring (bicyclic) bond motifs is 2. The highest BCUT2D eigenvalue weighted by molar-refractivity contribution is 7.90. The van der Waals surface area contributed by atoms with Crippen LogP contribution in [0.3, 0.4) is 0 Å². The van der Waals surface area contributed by atoms with Crippen LogP contribution >= 0.6 is 0 Å². The lowest BCUT2D eigenvalue weighted by Crippen LogP contribution is -2.35. The molecule has 0 saturated carbocycles. The fourth-order valence-electron chi connectivity index (χ4n) is 4.01. The summed E-state index contributed by atoms with van der Waals surface area (Å²) in [6, 6.07) is 1.43. The van der Waals surface area contributed by atoms with Crippen LogP contribution in [0.2, 0.25) is 0 Å². The zero-order valence-electron chi connectivity index (χ0n) is 15.6. The van der Waals surface area contributed by atoms with Crippen LogP contribution in [0.25, 0.3) is 0 Å². The zero-order valence-corrected chi connectivity index (χ0v) is 16.4. The number of amides is 2. The Hall–Kier alpha value is -2.46. The van der Waals surface area contributed by atoms with Gasteiger partial charge in [-0.3, -0.25) is 0 Å². The largest absolute Gasteiger partial charge is 0.391 e. The van der Waals surface area contributed by atoms with E-state index in [0.29, 0.717) is 0 Å². The van der Waals surface area contributed by atoms with Crippen molar-refractivity contribution in [2.75, 3.05) is 5.32 Å². The molecule has 3 N–H and O–H groups in total. The first-order valence-corrected chi connectivity index (χ1v) is 10.9. The molecule has 2 aromatic rings. The Labute approximate surface area is 163 Å². The fraction of sp³-hybridized carbons (Fsp3) is 0.500. The number of nitrogens with one attached hydrogen (secondary N) is 2. The summed E-state index contributed by atoms with van der Waals surface area (Å²) in [6.07, 6.45) is 6.17. The van der Waals surface area contributed by atoms with Crippen LogP contribution in [0.15, 0.2) is 17.3 Å². The molecule has 1 atom stereocenters. The van der Waals surface area contributed by atoms with E-state index < -0.39 is 22.2 Å². The van der Waals surface area contributed by atoms with Gasteiger partial charge in [-0.05, 0) is 67.7 Å². The summed E-state index contributed by atoms with van der Waals surface area (Å²) in [5, 5.41) is 19.4. The van der Waals surface area contributed by atoms with Crippen molar-refractivity contribution in [1.82, 2.24) is 19.7 Å². The molecule has 28 heavy (non-hydrogen) atoms. The van der Waals surface area contributed by atoms with Crippen LogP contribution in [-0.2, 0) is 42.3 Å². The third-order valence-corrected chi connectivity index (χ3v) is 6.35. The van der Waals surface area contributed by atoms with E-state index in [0.717, 1.165) is 66.3 Å². The number of sulfonamides is 1. The average Bonchev–Trinajstić information content (AvgIpc) is 3.32. The number of urea groups is 1. The summed E-state index contributed by atoms with van der Waals surface area (Å²) >= 11 is 0. The summed E-state index contributed by atoms with van der Waals surface area (Å²) in [5.74, 6) is 0. The minimum atomic E-state index is -4.16. The van der Waals surface area contributed by atoms with Crippen molar-refractivity contribution in [2.45, 2.75) is 63.1 Å². The van der Waals surface area contributed by atoms with Crippen LogP contribution in [0.4, 0.5) is 10.5 Å². The molecule has 0 unspecified atom stereocenters. The predicted molar refractivity (Wildman–Crippen MR) is 102 cm³/mol. The maximum atomic E-state index is 12.5. The molecular weight excluding hydrogens is 382 g/mol. The number of aliphatic hydroxyl groups excluding tert-OH is 1. The van der Waals surface area contributed by atoms with E-state index in [-0.39, 0.29) is 11.6 Å². The quantitative estimate of drug-likeness (QED) is 0.685. The molecule has 2 aliphatic carbocycles. The molecule has 9 nitrogen and oxygen atoms in total. The molecule has 4 rings (SSSR count). The SMILES string of the molecule is C[C@H](O)Cn1ncc(S(=O)(=O)NC(=O)Nc2c3c(cc4c2CCC4)CCC3)n1. The van der Waals surface area contributed by atoms with Crippen molar-refractivity contribution in [3.05, 3.63) is 34.5 Å². The fourth-order valence-corrected chi connectivity index (χ4v) is 4.80. The number of carbonyl (C=O) groups is 1. The van der Waals surface area contributed by atoms with Gasteiger partial charge in [-0.1, -0.05) is 6.07 Å². The summed E-state index contributed by atoms with van der Waals surface area (Å²) in [7, 11) is -4.16. The monoisotopic (exact) mass is 405 g/mol. The molecule has 1 heterocycles. The van der Waals surface area contributed by atoms with Crippen molar-refractivity contribution in [1.29, 1.82) is 0 Å². The van der Waals surface area contributed by atoms with Crippen LogP contribution in [0, 0.1) is 0 Å². The van der Waals surface area contributed by atoms with Crippen LogP contribution in [-0.4, -0.2) is 40.7 Å².